The number of halogens is 1. The van der Waals surface area contributed by atoms with Crippen LogP contribution in [0.25, 0.3) is 5.57 Å². The van der Waals surface area contributed by atoms with Gasteiger partial charge in [-0.2, -0.15) is 5.26 Å². The Morgan fingerprint density at radius 2 is 1.92 bits per heavy atom. The molecular formula is C31H40FN5. The van der Waals surface area contributed by atoms with E-state index in [4.69, 9.17) is 5.26 Å². The molecule has 196 valence electrons. The molecule has 1 aliphatic heterocycles. The Labute approximate surface area is 222 Å². The summed E-state index contributed by atoms with van der Waals surface area (Å²) < 4.78 is 14.5. The highest BCUT2D eigenvalue weighted by molar-refractivity contribution is 6.12. The molecule has 6 heteroatoms. The van der Waals surface area contributed by atoms with Gasteiger partial charge in [0.15, 0.2) is 0 Å². The topological polar surface area (TPSA) is 64.3 Å². The lowest BCUT2D eigenvalue weighted by Gasteiger charge is -2.32. The molecule has 5 nitrogen and oxygen atoms in total. The fraction of sp³-hybridized carbons (Fsp3) is 0.387. The molecule has 1 N–H and O–H groups in total. The van der Waals surface area contributed by atoms with Crippen molar-refractivity contribution in [3.05, 3.63) is 94.9 Å². The maximum absolute atomic E-state index is 14.5. The Hall–Kier alpha value is -3.56. The predicted molar refractivity (Wildman–Crippen MR) is 153 cm³/mol. The van der Waals surface area contributed by atoms with E-state index in [0.717, 1.165) is 73.7 Å². The standard InChI is InChI=1S/C22H30FN3.C9H10N2/c1-5-7-12-25-17(3)22(18(4)26-15-13-24-14-16-26)19(6-2)20-10-8-9-11-21(20)23;1-2-3-9-6-8(7-10)4-5-11-9/h6-12,24H,5,13-16H2,1-4H3;4-6H,2-3H2,1H3/b12-7+,19-6-,22-18-,25-17+;. The van der Waals surface area contributed by atoms with Crippen molar-refractivity contribution in [2.24, 2.45) is 4.99 Å². The van der Waals surface area contributed by atoms with Gasteiger partial charge in [0, 0.05) is 66.8 Å². The summed E-state index contributed by atoms with van der Waals surface area (Å²) in [6, 6.07) is 12.6. The van der Waals surface area contributed by atoms with Crippen molar-refractivity contribution in [3.8, 4) is 6.07 Å². The van der Waals surface area contributed by atoms with Crippen LogP contribution in [-0.2, 0) is 6.42 Å². The van der Waals surface area contributed by atoms with Crippen LogP contribution in [0.1, 0.15) is 64.3 Å². The number of hydrogen-bond donors (Lipinski definition) is 1. The first kappa shape index (κ1) is 29.7. The van der Waals surface area contributed by atoms with Gasteiger partial charge in [0.2, 0.25) is 0 Å². The normalized spacial score (nSPS) is 15.1. The second-order valence-corrected chi connectivity index (χ2v) is 8.78. The largest absolute Gasteiger partial charge is 0.372 e. The van der Waals surface area contributed by atoms with E-state index in [-0.39, 0.29) is 5.82 Å². The van der Waals surface area contributed by atoms with Gasteiger partial charge in [-0.15, -0.1) is 0 Å². The zero-order chi connectivity index (χ0) is 27.0. The molecule has 0 spiro atoms. The summed E-state index contributed by atoms with van der Waals surface area (Å²) in [5, 5.41) is 11.9. The summed E-state index contributed by atoms with van der Waals surface area (Å²) in [4.78, 5) is 11.1. The molecule has 0 radical (unpaired) electrons. The van der Waals surface area contributed by atoms with Crippen molar-refractivity contribution in [2.75, 3.05) is 26.2 Å². The summed E-state index contributed by atoms with van der Waals surface area (Å²) in [6.07, 6.45) is 10.5. The van der Waals surface area contributed by atoms with Gasteiger partial charge >= 0.3 is 0 Å². The Balaban J connectivity index is 0.000000364. The number of rotatable bonds is 8. The number of aryl methyl sites for hydroxylation is 1. The van der Waals surface area contributed by atoms with Crippen LogP contribution < -0.4 is 5.32 Å². The van der Waals surface area contributed by atoms with E-state index in [1.54, 1.807) is 18.3 Å². The first-order valence-corrected chi connectivity index (χ1v) is 13.1. The van der Waals surface area contributed by atoms with Crippen molar-refractivity contribution in [3.63, 3.8) is 0 Å². The van der Waals surface area contributed by atoms with Gasteiger partial charge in [-0.05, 0) is 57.4 Å². The summed E-state index contributed by atoms with van der Waals surface area (Å²) in [6.45, 7) is 14.1. The molecule has 0 amide bonds. The highest BCUT2D eigenvalue weighted by atomic mass is 19.1. The van der Waals surface area contributed by atoms with E-state index in [1.165, 1.54) is 6.07 Å². The fourth-order valence-corrected chi connectivity index (χ4v) is 4.20. The van der Waals surface area contributed by atoms with Crippen LogP contribution in [0.3, 0.4) is 0 Å². The average Bonchev–Trinajstić information content (AvgIpc) is 2.93. The monoisotopic (exact) mass is 501 g/mol. The second kappa shape index (κ2) is 16.2. The average molecular weight is 502 g/mol. The number of hydrogen-bond acceptors (Lipinski definition) is 5. The van der Waals surface area contributed by atoms with Gasteiger partial charge in [0.05, 0.1) is 11.6 Å². The van der Waals surface area contributed by atoms with E-state index < -0.39 is 0 Å². The Morgan fingerprint density at radius 3 is 2.54 bits per heavy atom. The van der Waals surface area contributed by atoms with E-state index in [9.17, 15) is 4.39 Å². The number of nitriles is 1. The molecule has 1 aliphatic rings. The number of nitrogens with zero attached hydrogens (tertiary/aromatic N) is 4. The third-order valence-corrected chi connectivity index (χ3v) is 6.10. The van der Waals surface area contributed by atoms with E-state index >= 15 is 0 Å². The second-order valence-electron chi connectivity index (χ2n) is 8.78. The summed E-state index contributed by atoms with van der Waals surface area (Å²) >= 11 is 0. The molecule has 0 bridgehead atoms. The molecule has 0 unspecified atom stereocenters. The van der Waals surface area contributed by atoms with Crippen molar-refractivity contribution >= 4 is 11.3 Å². The van der Waals surface area contributed by atoms with Crippen LogP contribution in [0.5, 0.6) is 0 Å². The maximum atomic E-state index is 14.5. The molecular weight excluding hydrogens is 461 g/mol. The van der Waals surface area contributed by atoms with Crippen molar-refractivity contribution in [2.45, 2.75) is 53.9 Å². The Kier molecular flexibility index (Phi) is 13.0. The quantitative estimate of drug-likeness (QED) is 0.323. The van der Waals surface area contributed by atoms with Crippen LogP contribution in [0, 0.1) is 17.1 Å². The van der Waals surface area contributed by atoms with Crippen molar-refractivity contribution in [1.82, 2.24) is 15.2 Å². The molecule has 1 aromatic heterocycles. The molecule has 0 saturated carbocycles. The van der Waals surface area contributed by atoms with E-state index in [1.807, 2.05) is 50.4 Å². The summed E-state index contributed by atoms with van der Waals surface area (Å²) in [7, 11) is 0. The number of pyridine rings is 1. The minimum Gasteiger partial charge on any atom is -0.372 e. The molecule has 2 heterocycles. The van der Waals surface area contributed by atoms with Crippen LogP contribution in [-0.4, -0.2) is 41.8 Å². The van der Waals surface area contributed by atoms with Crippen LogP contribution in [0.2, 0.25) is 0 Å². The third kappa shape index (κ3) is 9.11. The highest BCUT2D eigenvalue weighted by Crippen LogP contribution is 2.30. The molecule has 1 fully saturated rings. The smallest absolute Gasteiger partial charge is 0.131 e. The Morgan fingerprint density at radius 1 is 1.19 bits per heavy atom. The zero-order valence-electron chi connectivity index (χ0n) is 22.9. The van der Waals surface area contributed by atoms with Crippen LogP contribution in [0.4, 0.5) is 4.39 Å². The molecule has 1 saturated heterocycles. The number of allylic oxidation sites excluding steroid dienone is 5. The van der Waals surface area contributed by atoms with Gasteiger partial charge in [-0.1, -0.05) is 50.6 Å². The lowest BCUT2D eigenvalue weighted by Crippen LogP contribution is -2.43. The first-order valence-electron chi connectivity index (χ1n) is 13.1. The molecule has 3 rings (SSSR count). The number of piperazine rings is 1. The maximum Gasteiger partial charge on any atom is 0.131 e. The van der Waals surface area contributed by atoms with E-state index in [0.29, 0.717) is 11.1 Å². The molecule has 1 aromatic carbocycles. The Bertz CT molecular complexity index is 1160. The fourth-order valence-electron chi connectivity index (χ4n) is 4.20. The lowest BCUT2D eigenvalue weighted by molar-refractivity contribution is 0.299. The summed E-state index contributed by atoms with van der Waals surface area (Å²) in [5.74, 6) is -0.205. The molecule has 37 heavy (non-hydrogen) atoms. The predicted octanol–water partition coefficient (Wildman–Crippen LogP) is 6.70. The van der Waals surface area contributed by atoms with Crippen molar-refractivity contribution < 1.29 is 4.39 Å². The lowest BCUT2D eigenvalue weighted by atomic mass is 9.92. The minimum absolute atomic E-state index is 0.205. The van der Waals surface area contributed by atoms with Gasteiger partial charge in [-0.3, -0.25) is 9.98 Å². The first-order chi connectivity index (χ1) is 18.0. The van der Waals surface area contributed by atoms with Crippen LogP contribution >= 0.6 is 0 Å². The minimum atomic E-state index is -0.205. The molecule has 0 aliphatic carbocycles. The number of nitrogens with one attached hydrogen (secondary N) is 1. The number of aliphatic imine (C=N–C) groups is 1. The van der Waals surface area contributed by atoms with Crippen molar-refractivity contribution in [1.29, 1.82) is 5.26 Å². The van der Waals surface area contributed by atoms with Crippen LogP contribution in [0.15, 0.2) is 77.2 Å². The molecule has 2 aromatic rings. The zero-order valence-corrected chi connectivity index (χ0v) is 22.9. The SMILES string of the molecule is CCCc1cc(C#N)ccn1.C\C=C(C(/C(C)=N/C=C/CC)=C(/C)N1CCNCC1)\c1ccccc1F. The number of benzene rings is 1. The summed E-state index contributed by atoms with van der Waals surface area (Å²) in [5.41, 5.74) is 6.28. The molecule has 0 atom stereocenters. The van der Waals surface area contributed by atoms with Gasteiger partial charge < -0.3 is 10.2 Å². The van der Waals surface area contributed by atoms with Gasteiger partial charge in [-0.25, -0.2) is 4.39 Å². The third-order valence-electron chi connectivity index (χ3n) is 6.10. The van der Waals surface area contributed by atoms with Gasteiger partial charge in [0.1, 0.15) is 5.82 Å². The van der Waals surface area contributed by atoms with E-state index in [2.05, 4.69) is 47.0 Å². The number of aromatic nitrogens is 1. The highest BCUT2D eigenvalue weighted by Gasteiger charge is 2.20. The van der Waals surface area contributed by atoms with Gasteiger partial charge in [0.25, 0.3) is 0 Å².